The van der Waals surface area contributed by atoms with Crippen LogP contribution in [0.2, 0.25) is 0 Å². The fourth-order valence-corrected chi connectivity index (χ4v) is 1.84. The third-order valence-electron chi connectivity index (χ3n) is 1.94. The molecule has 6 N–H and O–H groups in total. The molecule has 7 nitrogen and oxygen atoms in total. The molecular formula is C9H18N4O3S. The summed E-state index contributed by atoms with van der Waals surface area (Å²) in [5.74, 6) is 5.17. The lowest BCUT2D eigenvalue weighted by Gasteiger charge is -2.11. The molecule has 0 fully saturated rings. The van der Waals surface area contributed by atoms with Crippen LogP contribution in [0.1, 0.15) is 13.3 Å². The molecule has 0 heterocycles. The number of nitrogens with two attached hydrogens (primary N) is 2. The monoisotopic (exact) mass is 262 g/mol. The molecule has 8 heteroatoms. The van der Waals surface area contributed by atoms with Gasteiger partial charge in [-0.1, -0.05) is 0 Å². The predicted octanol–water partition coefficient (Wildman–Crippen LogP) is -1.87. The van der Waals surface area contributed by atoms with Crippen LogP contribution in [-0.2, 0) is 14.4 Å². The number of rotatable bonds is 9. The molecule has 0 aromatic rings. The van der Waals surface area contributed by atoms with Gasteiger partial charge in [0.15, 0.2) is 0 Å². The van der Waals surface area contributed by atoms with Crippen LogP contribution in [0.25, 0.3) is 0 Å². The molecule has 0 rings (SSSR count). The highest BCUT2D eigenvalue weighted by molar-refractivity contribution is 7.99. The van der Waals surface area contributed by atoms with Crippen LogP contribution in [-0.4, -0.2) is 41.7 Å². The maximum Gasteiger partial charge on any atom is 0.236 e. The SMILES string of the molecule is CC(=O)[C@H](CCSCC(=O)NCC(N)=O)NN. The van der Waals surface area contributed by atoms with Gasteiger partial charge in [0.25, 0.3) is 0 Å². The minimum atomic E-state index is -0.577. The van der Waals surface area contributed by atoms with Gasteiger partial charge >= 0.3 is 0 Å². The fourth-order valence-electron chi connectivity index (χ4n) is 1.01. The Morgan fingerprint density at radius 1 is 1.35 bits per heavy atom. The molecule has 0 aliphatic heterocycles. The molecule has 0 aromatic heterocycles. The normalized spacial score (nSPS) is 11.9. The molecule has 1 atom stereocenters. The Kier molecular flexibility index (Phi) is 8.38. The quantitative estimate of drug-likeness (QED) is 0.219. The molecule has 0 aliphatic carbocycles. The van der Waals surface area contributed by atoms with Crippen molar-refractivity contribution >= 4 is 29.4 Å². The molecule has 0 radical (unpaired) electrons. The predicted molar refractivity (Wildman–Crippen MR) is 65.9 cm³/mol. The number of ketones is 1. The first kappa shape index (κ1) is 15.9. The van der Waals surface area contributed by atoms with Crippen molar-refractivity contribution < 1.29 is 14.4 Å². The van der Waals surface area contributed by atoms with Crippen molar-refractivity contribution in [3.63, 3.8) is 0 Å². The molecule has 2 amide bonds. The summed E-state index contributed by atoms with van der Waals surface area (Å²) in [5.41, 5.74) is 7.27. The summed E-state index contributed by atoms with van der Waals surface area (Å²) in [7, 11) is 0. The van der Waals surface area contributed by atoms with Gasteiger partial charge in [-0.2, -0.15) is 11.8 Å². The maximum atomic E-state index is 11.1. The molecule has 98 valence electrons. The zero-order valence-electron chi connectivity index (χ0n) is 9.69. The van der Waals surface area contributed by atoms with Crippen LogP contribution in [0.4, 0.5) is 0 Å². The Hall–Kier alpha value is -1.12. The van der Waals surface area contributed by atoms with Crippen LogP contribution in [0.15, 0.2) is 0 Å². The lowest BCUT2D eigenvalue weighted by Crippen LogP contribution is -2.40. The number of carbonyl (C=O) groups excluding carboxylic acids is 3. The summed E-state index contributed by atoms with van der Waals surface area (Å²) in [4.78, 5) is 32.5. The second-order valence-electron chi connectivity index (χ2n) is 3.41. The average Bonchev–Trinajstić information content (AvgIpc) is 2.25. The van der Waals surface area contributed by atoms with E-state index in [0.29, 0.717) is 12.2 Å². The summed E-state index contributed by atoms with van der Waals surface area (Å²) < 4.78 is 0. The second-order valence-corrected chi connectivity index (χ2v) is 4.52. The van der Waals surface area contributed by atoms with Gasteiger partial charge in [-0.3, -0.25) is 20.2 Å². The van der Waals surface area contributed by atoms with Crippen LogP contribution in [0.5, 0.6) is 0 Å². The van der Waals surface area contributed by atoms with E-state index >= 15 is 0 Å². The van der Waals surface area contributed by atoms with E-state index in [1.165, 1.54) is 18.7 Å². The number of hydrazine groups is 1. The minimum Gasteiger partial charge on any atom is -0.368 e. The van der Waals surface area contributed by atoms with Gasteiger partial charge in [0.1, 0.15) is 5.78 Å². The van der Waals surface area contributed by atoms with E-state index in [4.69, 9.17) is 11.6 Å². The smallest absolute Gasteiger partial charge is 0.236 e. The highest BCUT2D eigenvalue weighted by Crippen LogP contribution is 2.04. The minimum absolute atomic E-state index is 0.0359. The highest BCUT2D eigenvalue weighted by atomic mass is 32.2. The van der Waals surface area contributed by atoms with Crippen LogP contribution in [0.3, 0.4) is 0 Å². The first-order chi connectivity index (χ1) is 7.97. The van der Waals surface area contributed by atoms with E-state index in [0.717, 1.165) is 0 Å². The molecule has 0 spiro atoms. The summed E-state index contributed by atoms with van der Waals surface area (Å²) in [6.07, 6.45) is 0.555. The largest absolute Gasteiger partial charge is 0.368 e. The van der Waals surface area contributed by atoms with Crippen molar-refractivity contribution in [2.75, 3.05) is 18.1 Å². The molecule has 0 aliphatic rings. The number of thioether (sulfide) groups is 1. The van der Waals surface area contributed by atoms with Crippen molar-refractivity contribution in [1.29, 1.82) is 0 Å². The van der Waals surface area contributed by atoms with Crippen LogP contribution in [0, 0.1) is 0 Å². The standard InChI is InChI=1S/C9H18N4O3S/c1-6(14)7(13-11)2-3-17-5-9(16)12-4-8(10)15/h7,13H,2-5,11H2,1H3,(H2,10,15)(H,12,16)/t7-/m0/s1. The first-order valence-electron chi connectivity index (χ1n) is 5.06. The van der Waals surface area contributed by atoms with Gasteiger partial charge in [0.2, 0.25) is 11.8 Å². The van der Waals surface area contributed by atoms with Crippen LogP contribution < -0.4 is 22.3 Å². The zero-order valence-corrected chi connectivity index (χ0v) is 10.5. The molecule has 17 heavy (non-hydrogen) atoms. The second kappa shape index (κ2) is 8.97. The molecular weight excluding hydrogens is 244 g/mol. The summed E-state index contributed by atoms with van der Waals surface area (Å²) in [6, 6.07) is -0.379. The fraction of sp³-hybridized carbons (Fsp3) is 0.667. The Bertz CT molecular complexity index is 285. The molecule has 0 aromatic carbocycles. The lowest BCUT2D eigenvalue weighted by molar-refractivity contribution is -0.123. The summed E-state index contributed by atoms with van der Waals surface area (Å²) in [5, 5.41) is 2.37. The van der Waals surface area contributed by atoms with Gasteiger partial charge in [0, 0.05) is 0 Å². The van der Waals surface area contributed by atoms with Crippen molar-refractivity contribution in [2.45, 2.75) is 19.4 Å². The Labute approximate surface area is 104 Å². The van der Waals surface area contributed by atoms with Crippen LogP contribution >= 0.6 is 11.8 Å². The molecule has 0 saturated heterocycles. The van der Waals surface area contributed by atoms with Gasteiger partial charge in [-0.15, -0.1) is 0 Å². The highest BCUT2D eigenvalue weighted by Gasteiger charge is 2.11. The number of hydrogen-bond donors (Lipinski definition) is 4. The van der Waals surface area contributed by atoms with E-state index in [2.05, 4.69) is 10.7 Å². The van der Waals surface area contributed by atoms with E-state index < -0.39 is 5.91 Å². The van der Waals surface area contributed by atoms with Crippen molar-refractivity contribution in [3.05, 3.63) is 0 Å². The van der Waals surface area contributed by atoms with E-state index in [9.17, 15) is 14.4 Å². The Morgan fingerprint density at radius 2 is 2.00 bits per heavy atom. The number of amides is 2. The topological polar surface area (TPSA) is 127 Å². The average molecular weight is 262 g/mol. The molecule has 0 saturated carbocycles. The third kappa shape index (κ3) is 8.66. The number of nitrogens with one attached hydrogen (secondary N) is 2. The van der Waals surface area contributed by atoms with Crippen molar-refractivity contribution in [3.8, 4) is 0 Å². The van der Waals surface area contributed by atoms with E-state index in [1.807, 2.05) is 0 Å². The number of Topliss-reactive ketones (excluding diaryl/α,β-unsaturated/α-hetero) is 1. The van der Waals surface area contributed by atoms with E-state index in [-0.39, 0.29) is 30.0 Å². The number of primary amides is 1. The zero-order chi connectivity index (χ0) is 13.3. The van der Waals surface area contributed by atoms with Crippen molar-refractivity contribution in [1.82, 2.24) is 10.7 Å². The summed E-state index contributed by atoms with van der Waals surface area (Å²) >= 11 is 1.36. The summed E-state index contributed by atoms with van der Waals surface area (Å²) in [6.45, 7) is 1.30. The lowest BCUT2D eigenvalue weighted by atomic mass is 10.2. The Balaban J connectivity index is 3.59. The Morgan fingerprint density at radius 3 is 2.47 bits per heavy atom. The third-order valence-corrected chi connectivity index (χ3v) is 2.93. The first-order valence-corrected chi connectivity index (χ1v) is 6.22. The van der Waals surface area contributed by atoms with Gasteiger partial charge in [-0.05, 0) is 19.1 Å². The number of carbonyl (C=O) groups is 3. The van der Waals surface area contributed by atoms with Gasteiger partial charge in [-0.25, -0.2) is 5.43 Å². The number of hydrogen-bond acceptors (Lipinski definition) is 6. The molecule has 0 unspecified atom stereocenters. The van der Waals surface area contributed by atoms with Gasteiger partial charge < -0.3 is 11.1 Å². The van der Waals surface area contributed by atoms with E-state index in [1.54, 1.807) is 0 Å². The molecule has 0 bridgehead atoms. The maximum absolute atomic E-state index is 11.1. The van der Waals surface area contributed by atoms with Crippen molar-refractivity contribution in [2.24, 2.45) is 11.6 Å². The van der Waals surface area contributed by atoms with Gasteiger partial charge in [0.05, 0.1) is 18.3 Å².